The quantitative estimate of drug-likeness (QED) is 0.627. The molecule has 0 radical (unpaired) electrons. The van der Waals surface area contributed by atoms with Crippen molar-refractivity contribution in [1.82, 2.24) is 4.90 Å². The van der Waals surface area contributed by atoms with Gasteiger partial charge in [0, 0.05) is 42.0 Å². The Bertz CT molecular complexity index is 1020. The first-order valence-corrected chi connectivity index (χ1v) is 10.1. The number of nitrogens with zero attached hydrogens (tertiary/aromatic N) is 3. The van der Waals surface area contributed by atoms with Crippen LogP contribution in [0.3, 0.4) is 0 Å². The summed E-state index contributed by atoms with van der Waals surface area (Å²) in [4.78, 5) is 17.9. The highest BCUT2D eigenvalue weighted by molar-refractivity contribution is 7.21. The molecule has 27 heavy (non-hydrogen) atoms. The van der Waals surface area contributed by atoms with Gasteiger partial charge in [-0.2, -0.15) is 5.26 Å². The van der Waals surface area contributed by atoms with E-state index in [4.69, 9.17) is 16.9 Å². The molecular formula is C21H18ClN3OS. The van der Waals surface area contributed by atoms with Crippen molar-refractivity contribution in [2.24, 2.45) is 0 Å². The van der Waals surface area contributed by atoms with E-state index in [0.29, 0.717) is 22.0 Å². The zero-order valence-electron chi connectivity index (χ0n) is 14.7. The number of carbonyl (C=O) groups is 1. The second-order valence-electron chi connectivity index (χ2n) is 6.53. The van der Waals surface area contributed by atoms with Gasteiger partial charge in [-0.1, -0.05) is 29.8 Å². The van der Waals surface area contributed by atoms with E-state index < -0.39 is 0 Å². The van der Waals surface area contributed by atoms with E-state index in [1.54, 1.807) is 0 Å². The summed E-state index contributed by atoms with van der Waals surface area (Å²) < 4.78 is 1.04. The number of halogens is 1. The number of thiophene rings is 1. The highest BCUT2D eigenvalue weighted by Crippen LogP contribution is 2.36. The number of nitriles is 1. The average Bonchev–Trinajstić information content (AvgIpc) is 2.89. The lowest BCUT2D eigenvalue weighted by molar-refractivity contribution is 0.0772. The van der Waals surface area contributed by atoms with Crippen LogP contribution in [0.15, 0.2) is 48.5 Å². The maximum Gasteiger partial charge on any atom is 0.265 e. The third kappa shape index (κ3) is 3.51. The van der Waals surface area contributed by atoms with Crippen molar-refractivity contribution in [3.63, 3.8) is 0 Å². The van der Waals surface area contributed by atoms with Crippen molar-refractivity contribution >= 4 is 44.6 Å². The molecule has 1 aromatic heterocycles. The van der Waals surface area contributed by atoms with Gasteiger partial charge in [0.25, 0.3) is 5.91 Å². The molecule has 0 atom stereocenters. The number of rotatable bonds is 2. The van der Waals surface area contributed by atoms with Gasteiger partial charge in [-0.05, 0) is 36.8 Å². The van der Waals surface area contributed by atoms with Gasteiger partial charge < -0.3 is 9.80 Å². The van der Waals surface area contributed by atoms with Crippen molar-refractivity contribution in [2.45, 2.75) is 6.42 Å². The van der Waals surface area contributed by atoms with Gasteiger partial charge in [0.05, 0.1) is 16.7 Å². The molecule has 0 aliphatic carbocycles. The Kier molecular flexibility index (Phi) is 5.02. The molecular weight excluding hydrogens is 378 g/mol. The van der Waals surface area contributed by atoms with Gasteiger partial charge in [-0.25, -0.2) is 0 Å². The Labute approximate surface area is 167 Å². The fourth-order valence-corrected chi connectivity index (χ4v) is 4.90. The lowest BCUT2D eigenvalue weighted by atomic mass is 10.2. The van der Waals surface area contributed by atoms with Crippen LogP contribution in [0, 0.1) is 11.3 Å². The van der Waals surface area contributed by atoms with E-state index in [1.165, 1.54) is 11.3 Å². The first-order chi connectivity index (χ1) is 13.2. The van der Waals surface area contributed by atoms with Crippen LogP contribution in [-0.4, -0.2) is 37.0 Å². The molecule has 0 N–H and O–H groups in total. The van der Waals surface area contributed by atoms with Crippen LogP contribution in [0.4, 0.5) is 5.69 Å². The van der Waals surface area contributed by atoms with E-state index >= 15 is 0 Å². The van der Waals surface area contributed by atoms with Crippen LogP contribution in [0.1, 0.15) is 21.7 Å². The predicted octanol–water partition coefficient (Wildman–Crippen LogP) is 4.78. The minimum atomic E-state index is 0.0166. The monoisotopic (exact) mass is 395 g/mol. The molecule has 1 aliphatic heterocycles. The van der Waals surface area contributed by atoms with E-state index in [9.17, 15) is 4.79 Å². The maximum atomic E-state index is 13.1. The zero-order valence-corrected chi connectivity index (χ0v) is 16.3. The largest absolute Gasteiger partial charge is 0.370 e. The third-order valence-electron chi connectivity index (χ3n) is 4.87. The Morgan fingerprint density at radius 2 is 1.81 bits per heavy atom. The number of carbonyl (C=O) groups excluding carboxylic acids is 1. The molecule has 4 nitrogen and oxygen atoms in total. The van der Waals surface area contributed by atoms with Crippen LogP contribution in [0.2, 0.25) is 5.02 Å². The zero-order chi connectivity index (χ0) is 18.8. The molecule has 0 saturated carbocycles. The molecule has 0 bridgehead atoms. The smallest absolute Gasteiger partial charge is 0.265 e. The highest BCUT2D eigenvalue weighted by atomic mass is 35.5. The van der Waals surface area contributed by atoms with E-state index in [1.807, 2.05) is 53.4 Å². The van der Waals surface area contributed by atoms with Gasteiger partial charge in [0.1, 0.15) is 4.88 Å². The minimum absolute atomic E-state index is 0.0166. The highest BCUT2D eigenvalue weighted by Gasteiger charge is 2.24. The fourth-order valence-electron chi connectivity index (χ4n) is 3.42. The molecule has 4 rings (SSSR count). The van der Waals surface area contributed by atoms with Gasteiger partial charge in [0.2, 0.25) is 0 Å². The topological polar surface area (TPSA) is 47.3 Å². The molecule has 0 unspecified atom stereocenters. The Morgan fingerprint density at radius 1 is 1.04 bits per heavy atom. The molecule has 0 spiro atoms. The van der Waals surface area contributed by atoms with E-state index in [-0.39, 0.29) is 5.91 Å². The number of hydrogen-bond acceptors (Lipinski definition) is 4. The second-order valence-corrected chi connectivity index (χ2v) is 7.96. The summed E-state index contributed by atoms with van der Waals surface area (Å²) >= 11 is 7.96. The van der Waals surface area contributed by atoms with E-state index in [0.717, 1.165) is 41.8 Å². The summed E-state index contributed by atoms with van der Waals surface area (Å²) in [6, 6.07) is 17.6. The number of fused-ring (bicyclic) bond motifs is 1. The fraction of sp³-hybridized carbons (Fsp3) is 0.238. The lowest BCUT2D eigenvalue weighted by Gasteiger charge is -2.23. The van der Waals surface area contributed by atoms with Crippen molar-refractivity contribution in [3.8, 4) is 6.07 Å². The molecule has 3 aromatic rings. The molecule has 1 aliphatic rings. The number of hydrogen-bond donors (Lipinski definition) is 0. The van der Waals surface area contributed by atoms with Crippen LogP contribution in [0.5, 0.6) is 0 Å². The summed E-state index contributed by atoms with van der Waals surface area (Å²) in [5.74, 6) is 0.0166. The standard InChI is InChI=1S/C21H18ClN3OS/c22-19-17-4-1-2-5-18(17)27-20(19)21(26)25-11-3-10-24(12-13-25)16-8-6-15(14-23)7-9-16/h1-2,4-9H,3,10-13H2. The minimum Gasteiger partial charge on any atom is -0.370 e. The number of amides is 1. The molecule has 1 fully saturated rings. The Balaban J connectivity index is 1.51. The molecule has 136 valence electrons. The van der Waals surface area contributed by atoms with Crippen molar-refractivity contribution in [3.05, 3.63) is 64.0 Å². The SMILES string of the molecule is N#Cc1ccc(N2CCCN(C(=O)c3sc4ccccc4c3Cl)CC2)cc1. The van der Waals surface area contributed by atoms with Crippen LogP contribution in [0.25, 0.3) is 10.1 Å². The first kappa shape index (κ1) is 17.8. The van der Waals surface area contributed by atoms with Crippen LogP contribution in [-0.2, 0) is 0 Å². The first-order valence-electron chi connectivity index (χ1n) is 8.89. The van der Waals surface area contributed by atoms with Gasteiger partial charge in [-0.3, -0.25) is 4.79 Å². The Morgan fingerprint density at radius 3 is 2.56 bits per heavy atom. The summed E-state index contributed by atoms with van der Waals surface area (Å²) in [5.41, 5.74) is 1.74. The van der Waals surface area contributed by atoms with Crippen LogP contribution < -0.4 is 4.90 Å². The molecule has 2 aromatic carbocycles. The summed E-state index contributed by atoms with van der Waals surface area (Å²) in [6.45, 7) is 3.02. The summed E-state index contributed by atoms with van der Waals surface area (Å²) in [5, 5.41) is 10.5. The third-order valence-corrected chi connectivity index (χ3v) is 6.54. The normalized spacial score (nSPS) is 14.8. The lowest BCUT2D eigenvalue weighted by Crippen LogP contribution is -2.35. The predicted molar refractivity (Wildman–Crippen MR) is 111 cm³/mol. The van der Waals surface area contributed by atoms with E-state index in [2.05, 4.69) is 11.0 Å². The molecule has 1 amide bonds. The van der Waals surface area contributed by atoms with Crippen LogP contribution >= 0.6 is 22.9 Å². The van der Waals surface area contributed by atoms with Crippen molar-refractivity contribution < 1.29 is 4.79 Å². The number of anilines is 1. The average molecular weight is 396 g/mol. The van der Waals surface area contributed by atoms with Gasteiger partial charge in [0.15, 0.2) is 0 Å². The van der Waals surface area contributed by atoms with Gasteiger partial charge >= 0.3 is 0 Å². The number of benzene rings is 2. The summed E-state index contributed by atoms with van der Waals surface area (Å²) in [7, 11) is 0. The Hall–Kier alpha value is -2.55. The second kappa shape index (κ2) is 7.59. The molecule has 6 heteroatoms. The molecule has 1 saturated heterocycles. The van der Waals surface area contributed by atoms with Crippen molar-refractivity contribution in [2.75, 3.05) is 31.1 Å². The maximum absolute atomic E-state index is 13.1. The summed E-state index contributed by atoms with van der Waals surface area (Å²) in [6.07, 6.45) is 0.897. The van der Waals surface area contributed by atoms with Crippen molar-refractivity contribution in [1.29, 1.82) is 5.26 Å². The van der Waals surface area contributed by atoms with Gasteiger partial charge in [-0.15, -0.1) is 11.3 Å². The molecule has 2 heterocycles.